The number of carbonyl (C=O) groups is 2. The van der Waals surface area contributed by atoms with Gasteiger partial charge in [0.2, 0.25) is 11.8 Å². The van der Waals surface area contributed by atoms with Crippen LogP contribution in [-0.2, 0) is 9.59 Å². The zero-order valence-corrected chi connectivity index (χ0v) is 10.6. The van der Waals surface area contributed by atoms with Gasteiger partial charge >= 0.3 is 0 Å². The van der Waals surface area contributed by atoms with Crippen LogP contribution in [0.1, 0.15) is 32.1 Å². The average Bonchev–Trinajstić information content (AvgIpc) is 2.33. The van der Waals surface area contributed by atoms with Crippen molar-refractivity contribution in [1.82, 2.24) is 16.0 Å². The van der Waals surface area contributed by atoms with Gasteiger partial charge in [-0.3, -0.25) is 9.59 Å². The molecule has 2 aliphatic rings. The largest absolute Gasteiger partial charge is 0.354 e. The third-order valence-electron chi connectivity index (χ3n) is 3.23. The van der Waals surface area contributed by atoms with Crippen molar-refractivity contribution >= 4 is 24.2 Å². The predicted octanol–water partition coefficient (Wildman–Crippen LogP) is -0.0549. The van der Waals surface area contributed by atoms with Gasteiger partial charge in [-0.05, 0) is 32.2 Å². The van der Waals surface area contributed by atoms with Crippen LogP contribution in [0.15, 0.2) is 0 Å². The Kier molecular flexibility index (Phi) is 5.71. The fraction of sp³-hybridized carbons (Fsp3) is 0.818. The van der Waals surface area contributed by atoms with Crippen LogP contribution in [0.25, 0.3) is 0 Å². The van der Waals surface area contributed by atoms with Crippen LogP contribution in [-0.4, -0.2) is 37.0 Å². The van der Waals surface area contributed by atoms with Crippen LogP contribution in [0.2, 0.25) is 0 Å². The van der Waals surface area contributed by atoms with Gasteiger partial charge in [0.15, 0.2) is 0 Å². The smallest absolute Gasteiger partial charge is 0.242 e. The minimum atomic E-state index is -0.329. The van der Waals surface area contributed by atoms with Crippen molar-refractivity contribution in [2.24, 2.45) is 0 Å². The van der Waals surface area contributed by atoms with E-state index in [2.05, 4.69) is 16.0 Å². The van der Waals surface area contributed by atoms with Crippen LogP contribution >= 0.6 is 12.4 Å². The van der Waals surface area contributed by atoms with Crippen molar-refractivity contribution in [3.63, 3.8) is 0 Å². The Bertz CT molecular complexity index is 280. The molecule has 2 amide bonds. The van der Waals surface area contributed by atoms with Crippen molar-refractivity contribution in [1.29, 1.82) is 0 Å². The van der Waals surface area contributed by atoms with Gasteiger partial charge in [0.25, 0.3) is 0 Å². The lowest BCUT2D eigenvalue weighted by Gasteiger charge is -2.27. The topological polar surface area (TPSA) is 70.2 Å². The molecular weight excluding hydrogens is 242 g/mol. The number of carbonyl (C=O) groups excluding carboxylic acids is 2. The lowest BCUT2D eigenvalue weighted by atomic mass is 10.0. The Morgan fingerprint density at radius 3 is 2.65 bits per heavy atom. The molecule has 0 spiro atoms. The molecular formula is C11H20ClN3O2. The fourth-order valence-electron chi connectivity index (χ4n) is 2.26. The van der Waals surface area contributed by atoms with E-state index < -0.39 is 0 Å². The second kappa shape index (κ2) is 6.81. The first-order valence-corrected chi connectivity index (χ1v) is 6.09. The summed E-state index contributed by atoms with van der Waals surface area (Å²) in [6, 6.07) is -0.437. The molecule has 2 atom stereocenters. The first-order valence-electron chi connectivity index (χ1n) is 6.09. The van der Waals surface area contributed by atoms with Gasteiger partial charge < -0.3 is 16.0 Å². The van der Waals surface area contributed by atoms with Gasteiger partial charge in [-0.2, -0.15) is 0 Å². The molecule has 2 rings (SSSR count). The Hall–Kier alpha value is -0.810. The number of piperidine rings is 2. The third-order valence-corrected chi connectivity index (χ3v) is 3.23. The maximum Gasteiger partial charge on any atom is 0.242 e. The van der Waals surface area contributed by atoms with E-state index in [1.165, 1.54) is 0 Å². The minimum Gasteiger partial charge on any atom is -0.354 e. The zero-order chi connectivity index (χ0) is 11.4. The number of halogens is 1. The Morgan fingerprint density at radius 1 is 1.18 bits per heavy atom. The van der Waals surface area contributed by atoms with Crippen molar-refractivity contribution in [3.05, 3.63) is 0 Å². The van der Waals surface area contributed by atoms with Gasteiger partial charge in [0, 0.05) is 6.54 Å². The highest BCUT2D eigenvalue weighted by Gasteiger charge is 2.27. The highest BCUT2D eigenvalue weighted by atomic mass is 35.5. The maximum atomic E-state index is 11.9. The molecule has 2 fully saturated rings. The summed E-state index contributed by atoms with van der Waals surface area (Å²) < 4.78 is 0. The summed E-state index contributed by atoms with van der Waals surface area (Å²) >= 11 is 0. The lowest BCUT2D eigenvalue weighted by Crippen LogP contribution is -2.55. The second-order valence-corrected chi connectivity index (χ2v) is 4.50. The van der Waals surface area contributed by atoms with E-state index >= 15 is 0 Å². The lowest BCUT2D eigenvalue weighted by molar-refractivity contribution is -0.131. The number of hydrogen-bond donors (Lipinski definition) is 3. The van der Waals surface area contributed by atoms with E-state index in [0.717, 1.165) is 45.2 Å². The van der Waals surface area contributed by atoms with E-state index in [1.807, 2.05) is 0 Å². The Balaban J connectivity index is 0.00000144. The molecule has 0 bridgehead atoms. The molecule has 0 aromatic carbocycles. The number of rotatable bonds is 2. The molecule has 0 aromatic heterocycles. The third kappa shape index (κ3) is 3.85. The van der Waals surface area contributed by atoms with Crippen LogP contribution in [0.3, 0.4) is 0 Å². The first-order chi connectivity index (χ1) is 7.77. The SMILES string of the molecule is Cl.O=C(NC1CCCNC1=O)C1CCCCN1. The molecule has 3 N–H and O–H groups in total. The summed E-state index contributed by atoms with van der Waals surface area (Å²) in [5, 5.41) is 8.77. The van der Waals surface area contributed by atoms with Crippen molar-refractivity contribution < 1.29 is 9.59 Å². The van der Waals surface area contributed by atoms with Crippen LogP contribution in [0.4, 0.5) is 0 Å². The molecule has 0 radical (unpaired) electrons. The molecule has 6 heteroatoms. The van der Waals surface area contributed by atoms with Crippen LogP contribution < -0.4 is 16.0 Å². The molecule has 0 aliphatic carbocycles. The molecule has 2 saturated heterocycles. The highest BCUT2D eigenvalue weighted by molar-refractivity contribution is 5.90. The highest BCUT2D eigenvalue weighted by Crippen LogP contribution is 2.09. The normalized spacial score (nSPS) is 28.8. The second-order valence-electron chi connectivity index (χ2n) is 4.50. The average molecular weight is 262 g/mol. The number of hydrogen-bond acceptors (Lipinski definition) is 3. The molecule has 2 heterocycles. The van der Waals surface area contributed by atoms with E-state index in [-0.39, 0.29) is 36.3 Å². The van der Waals surface area contributed by atoms with Crippen LogP contribution in [0.5, 0.6) is 0 Å². The summed E-state index contributed by atoms with van der Waals surface area (Å²) in [5.74, 6) is -0.0721. The zero-order valence-electron chi connectivity index (χ0n) is 9.83. The van der Waals surface area contributed by atoms with Crippen LogP contribution in [0, 0.1) is 0 Å². The van der Waals surface area contributed by atoms with E-state index in [1.54, 1.807) is 0 Å². The van der Waals surface area contributed by atoms with Gasteiger partial charge in [-0.1, -0.05) is 6.42 Å². The van der Waals surface area contributed by atoms with Crippen molar-refractivity contribution in [2.75, 3.05) is 13.1 Å². The van der Waals surface area contributed by atoms with E-state index in [4.69, 9.17) is 0 Å². The summed E-state index contributed by atoms with van der Waals surface area (Å²) in [5.41, 5.74) is 0. The quantitative estimate of drug-likeness (QED) is 0.653. The fourth-order valence-corrected chi connectivity index (χ4v) is 2.26. The summed E-state index contributed by atoms with van der Waals surface area (Å²) in [4.78, 5) is 23.3. The van der Waals surface area contributed by atoms with Gasteiger partial charge in [-0.25, -0.2) is 0 Å². The van der Waals surface area contributed by atoms with Gasteiger partial charge in [0.05, 0.1) is 6.04 Å². The monoisotopic (exact) mass is 261 g/mol. The predicted molar refractivity (Wildman–Crippen MR) is 67.1 cm³/mol. The summed E-state index contributed by atoms with van der Waals surface area (Å²) in [6.07, 6.45) is 4.79. The molecule has 98 valence electrons. The molecule has 2 unspecified atom stereocenters. The van der Waals surface area contributed by atoms with E-state index in [0.29, 0.717) is 0 Å². The number of amides is 2. The number of nitrogens with one attached hydrogen (secondary N) is 3. The van der Waals surface area contributed by atoms with Crippen molar-refractivity contribution in [2.45, 2.75) is 44.2 Å². The molecule has 2 aliphatic heterocycles. The Morgan fingerprint density at radius 2 is 2.00 bits per heavy atom. The van der Waals surface area contributed by atoms with Gasteiger partial charge in [-0.15, -0.1) is 12.4 Å². The Labute approximate surface area is 108 Å². The molecule has 17 heavy (non-hydrogen) atoms. The summed E-state index contributed by atoms with van der Waals surface area (Å²) in [6.45, 7) is 1.63. The standard InChI is InChI=1S/C11H19N3O2.ClH/c15-10-9(5-3-7-13-10)14-11(16)8-4-1-2-6-12-8;/h8-9,12H,1-7H2,(H,13,15)(H,14,16);1H. The molecule has 0 saturated carbocycles. The van der Waals surface area contributed by atoms with Gasteiger partial charge in [0.1, 0.15) is 6.04 Å². The first kappa shape index (κ1) is 14.3. The molecule has 0 aromatic rings. The van der Waals surface area contributed by atoms with Crippen molar-refractivity contribution in [3.8, 4) is 0 Å². The maximum absolute atomic E-state index is 11.9. The van der Waals surface area contributed by atoms with E-state index in [9.17, 15) is 9.59 Å². The molecule has 5 nitrogen and oxygen atoms in total. The summed E-state index contributed by atoms with van der Waals surface area (Å²) in [7, 11) is 0. The minimum absolute atomic E-state index is 0.